The Morgan fingerprint density at radius 3 is 2.84 bits per heavy atom. The molecule has 2 bridgehead atoms. The van der Waals surface area contributed by atoms with Crippen LogP contribution in [0.25, 0.3) is 0 Å². The Kier molecular flexibility index (Phi) is 3.63. The number of hydrogen-bond donors (Lipinski definition) is 1. The monoisotopic (exact) mass is 281 g/mol. The van der Waals surface area contributed by atoms with E-state index in [0.717, 1.165) is 42.9 Å². The largest absolute Gasteiger partial charge is 0.373 e. The number of fused-ring (bicyclic) bond motifs is 2. The molecule has 19 heavy (non-hydrogen) atoms. The zero-order valence-corrected chi connectivity index (χ0v) is 12.2. The molecule has 2 fully saturated rings. The van der Waals surface area contributed by atoms with Gasteiger partial charge in [0, 0.05) is 12.0 Å². The Labute approximate surface area is 118 Å². The second-order valence-electron chi connectivity index (χ2n) is 5.51. The standard InChI is InChI=1S/C14H20ClN3O/c1-3-4-12-17-13(15)8(2)14(18-12)16-10-7-9-5-6-11(10)19-9/h9-11H,3-7H2,1-2H3,(H,16,17,18). The van der Waals surface area contributed by atoms with Crippen molar-refractivity contribution in [3.8, 4) is 0 Å². The molecule has 104 valence electrons. The molecule has 3 heterocycles. The van der Waals surface area contributed by atoms with Crippen LogP contribution >= 0.6 is 11.6 Å². The van der Waals surface area contributed by atoms with E-state index >= 15 is 0 Å². The Balaban J connectivity index is 1.79. The van der Waals surface area contributed by atoms with Crippen LogP contribution in [0.5, 0.6) is 0 Å². The van der Waals surface area contributed by atoms with Gasteiger partial charge in [-0.05, 0) is 32.6 Å². The molecule has 4 nitrogen and oxygen atoms in total. The molecule has 3 unspecified atom stereocenters. The summed E-state index contributed by atoms with van der Waals surface area (Å²) in [6.07, 6.45) is 6.10. The molecule has 0 aromatic carbocycles. The first-order valence-corrected chi connectivity index (χ1v) is 7.50. The average Bonchev–Trinajstić information content (AvgIpc) is 2.98. The fourth-order valence-electron chi connectivity index (χ4n) is 2.97. The fraction of sp³-hybridized carbons (Fsp3) is 0.714. The zero-order valence-electron chi connectivity index (χ0n) is 11.4. The number of ether oxygens (including phenoxy) is 1. The van der Waals surface area contributed by atoms with E-state index in [2.05, 4.69) is 22.2 Å². The van der Waals surface area contributed by atoms with Crippen LogP contribution in [0.2, 0.25) is 5.15 Å². The highest BCUT2D eigenvalue weighted by Gasteiger charge is 2.41. The zero-order chi connectivity index (χ0) is 13.4. The first-order valence-electron chi connectivity index (χ1n) is 7.12. The van der Waals surface area contributed by atoms with E-state index in [4.69, 9.17) is 16.3 Å². The molecule has 1 aromatic rings. The van der Waals surface area contributed by atoms with Crippen molar-refractivity contribution in [2.24, 2.45) is 0 Å². The maximum absolute atomic E-state index is 6.20. The summed E-state index contributed by atoms with van der Waals surface area (Å²) in [6, 6.07) is 0.373. The third-order valence-electron chi connectivity index (χ3n) is 4.03. The molecule has 0 radical (unpaired) electrons. The highest BCUT2D eigenvalue weighted by Crippen LogP contribution is 2.36. The summed E-state index contributed by atoms with van der Waals surface area (Å²) < 4.78 is 5.87. The van der Waals surface area contributed by atoms with Gasteiger partial charge in [0.25, 0.3) is 0 Å². The maximum atomic E-state index is 6.20. The van der Waals surface area contributed by atoms with Crippen LogP contribution in [0.1, 0.15) is 44.0 Å². The van der Waals surface area contributed by atoms with Crippen molar-refractivity contribution in [3.63, 3.8) is 0 Å². The fourth-order valence-corrected chi connectivity index (χ4v) is 3.16. The number of halogens is 1. The van der Waals surface area contributed by atoms with Crippen LogP contribution in [-0.2, 0) is 11.2 Å². The second-order valence-corrected chi connectivity index (χ2v) is 5.87. The third kappa shape index (κ3) is 2.56. The Morgan fingerprint density at radius 1 is 1.37 bits per heavy atom. The van der Waals surface area contributed by atoms with Crippen LogP contribution in [0.3, 0.4) is 0 Å². The van der Waals surface area contributed by atoms with Gasteiger partial charge in [0.05, 0.1) is 18.2 Å². The smallest absolute Gasteiger partial charge is 0.137 e. The predicted molar refractivity (Wildman–Crippen MR) is 75.7 cm³/mol. The normalized spacial score (nSPS) is 28.9. The number of hydrogen-bond acceptors (Lipinski definition) is 4. The van der Waals surface area contributed by atoms with E-state index in [1.807, 2.05) is 6.92 Å². The van der Waals surface area contributed by atoms with E-state index in [0.29, 0.717) is 23.4 Å². The van der Waals surface area contributed by atoms with Gasteiger partial charge in [-0.1, -0.05) is 18.5 Å². The summed E-state index contributed by atoms with van der Waals surface area (Å²) in [5, 5.41) is 4.08. The molecular formula is C14H20ClN3O. The van der Waals surface area contributed by atoms with Crippen molar-refractivity contribution < 1.29 is 4.74 Å². The quantitative estimate of drug-likeness (QED) is 0.862. The van der Waals surface area contributed by atoms with Crippen molar-refractivity contribution in [1.82, 2.24) is 9.97 Å². The molecular weight excluding hydrogens is 262 g/mol. The van der Waals surface area contributed by atoms with Gasteiger partial charge in [0.1, 0.15) is 16.8 Å². The van der Waals surface area contributed by atoms with Crippen LogP contribution in [0.15, 0.2) is 0 Å². The summed E-state index contributed by atoms with van der Waals surface area (Å²) >= 11 is 6.20. The van der Waals surface area contributed by atoms with Gasteiger partial charge < -0.3 is 10.1 Å². The SMILES string of the molecule is CCCc1nc(Cl)c(C)c(NC2CC3CCC2O3)n1. The highest BCUT2D eigenvalue weighted by molar-refractivity contribution is 6.30. The minimum atomic E-state index is 0.341. The number of anilines is 1. The van der Waals surface area contributed by atoms with E-state index in [-0.39, 0.29) is 0 Å². The third-order valence-corrected chi connectivity index (χ3v) is 4.40. The minimum Gasteiger partial charge on any atom is -0.373 e. The van der Waals surface area contributed by atoms with Gasteiger partial charge in [0.15, 0.2) is 0 Å². The van der Waals surface area contributed by atoms with E-state index < -0.39 is 0 Å². The average molecular weight is 282 g/mol. The lowest BCUT2D eigenvalue weighted by atomic mass is 9.95. The predicted octanol–water partition coefficient (Wildman–Crippen LogP) is 3.12. The summed E-state index contributed by atoms with van der Waals surface area (Å²) in [5.41, 5.74) is 0.935. The topological polar surface area (TPSA) is 47.0 Å². The van der Waals surface area contributed by atoms with Crippen molar-refractivity contribution in [2.45, 2.75) is 64.2 Å². The summed E-state index contributed by atoms with van der Waals surface area (Å²) in [4.78, 5) is 8.94. The minimum absolute atomic E-state index is 0.341. The van der Waals surface area contributed by atoms with Gasteiger partial charge in [-0.15, -0.1) is 0 Å². The number of nitrogens with zero attached hydrogens (tertiary/aromatic N) is 2. The molecule has 0 spiro atoms. The first-order chi connectivity index (χ1) is 9.17. The van der Waals surface area contributed by atoms with Crippen LogP contribution in [-0.4, -0.2) is 28.2 Å². The van der Waals surface area contributed by atoms with Crippen molar-refractivity contribution in [1.29, 1.82) is 0 Å². The molecule has 2 aliphatic heterocycles. The van der Waals surface area contributed by atoms with Gasteiger partial charge in [-0.2, -0.15) is 0 Å². The van der Waals surface area contributed by atoms with Crippen molar-refractivity contribution in [3.05, 3.63) is 16.5 Å². The molecule has 1 N–H and O–H groups in total. The summed E-state index contributed by atoms with van der Waals surface area (Å²) in [5.74, 6) is 1.70. The van der Waals surface area contributed by atoms with E-state index in [1.54, 1.807) is 0 Å². The molecule has 1 aromatic heterocycles. The number of aromatic nitrogens is 2. The molecule has 0 saturated carbocycles. The maximum Gasteiger partial charge on any atom is 0.137 e. The molecule has 0 aliphatic carbocycles. The Hall–Kier alpha value is -0.870. The molecule has 2 saturated heterocycles. The lowest BCUT2D eigenvalue weighted by Gasteiger charge is -2.22. The molecule has 2 aliphatic rings. The number of nitrogens with one attached hydrogen (secondary N) is 1. The van der Waals surface area contributed by atoms with E-state index in [9.17, 15) is 0 Å². The summed E-state index contributed by atoms with van der Waals surface area (Å²) in [6.45, 7) is 4.09. The molecule has 0 amide bonds. The first kappa shape index (κ1) is 13.1. The van der Waals surface area contributed by atoms with Crippen molar-refractivity contribution >= 4 is 17.4 Å². The van der Waals surface area contributed by atoms with Crippen LogP contribution < -0.4 is 5.32 Å². The van der Waals surface area contributed by atoms with Crippen LogP contribution in [0, 0.1) is 6.92 Å². The molecule has 3 rings (SSSR count). The lowest BCUT2D eigenvalue weighted by Crippen LogP contribution is -2.31. The summed E-state index contributed by atoms with van der Waals surface area (Å²) in [7, 11) is 0. The van der Waals surface area contributed by atoms with Gasteiger partial charge in [-0.25, -0.2) is 9.97 Å². The lowest BCUT2D eigenvalue weighted by molar-refractivity contribution is 0.102. The van der Waals surface area contributed by atoms with E-state index in [1.165, 1.54) is 6.42 Å². The van der Waals surface area contributed by atoms with Gasteiger partial charge >= 0.3 is 0 Å². The van der Waals surface area contributed by atoms with Crippen molar-refractivity contribution in [2.75, 3.05) is 5.32 Å². The van der Waals surface area contributed by atoms with Gasteiger partial charge in [0.2, 0.25) is 0 Å². The molecule has 3 atom stereocenters. The van der Waals surface area contributed by atoms with Crippen LogP contribution in [0.4, 0.5) is 5.82 Å². The Bertz CT molecular complexity index is 480. The van der Waals surface area contributed by atoms with Gasteiger partial charge in [-0.3, -0.25) is 0 Å². The number of rotatable bonds is 4. The Morgan fingerprint density at radius 2 is 2.21 bits per heavy atom. The second kappa shape index (κ2) is 5.25. The molecule has 5 heteroatoms. The highest BCUT2D eigenvalue weighted by atomic mass is 35.5. The number of aryl methyl sites for hydroxylation is 1.